The summed E-state index contributed by atoms with van der Waals surface area (Å²) in [6.07, 6.45) is 3.74. The van der Waals surface area contributed by atoms with Crippen LogP contribution in [0.5, 0.6) is 5.75 Å². The first-order valence-electron chi connectivity index (χ1n) is 6.47. The van der Waals surface area contributed by atoms with E-state index in [1.165, 1.54) is 19.3 Å². The molecule has 1 saturated carbocycles. The predicted octanol–water partition coefficient (Wildman–Crippen LogP) is 3.29. The van der Waals surface area contributed by atoms with E-state index in [1.54, 1.807) is 7.11 Å². The summed E-state index contributed by atoms with van der Waals surface area (Å²) in [7, 11) is 1.68. The fraction of sp³-hybridized carbons (Fsp3) is 0.571. The van der Waals surface area contributed by atoms with Gasteiger partial charge in [-0.3, -0.25) is 11.3 Å². The number of nitrogens with two attached hydrogens (primary N) is 1. The highest BCUT2D eigenvalue weighted by atomic mass is 35.5. The Hall–Kier alpha value is -0.770. The molecular weight excluding hydrogens is 248 g/mol. The second kappa shape index (κ2) is 5.91. The molecule has 3 N–H and O–H groups in total. The topological polar surface area (TPSA) is 47.3 Å². The molecule has 3 nitrogen and oxygen atoms in total. The van der Waals surface area contributed by atoms with E-state index < -0.39 is 0 Å². The molecule has 0 aliphatic heterocycles. The Morgan fingerprint density at radius 2 is 2.22 bits per heavy atom. The van der Waals surface area contributed by atoms with Crippen molar-refractivity contribution in [3.63, 3.8) is 0 Å². The molecule has 0 radical (unpaired) electrons. The number of methoxy groups -OCH3 is 1. The molecule has 1 aliphatic carbocycles. The van der Waals surface area contributed by atoms with Crippen LogP contribution in [0.1, 0.15) is 37.8 Å². The van der Waals surface area contributed by atoms with Gasteiger partial charge in [-0.05, 0) is 36.5 Å². The van der Waals surface area contributed by atoms with Crippen LogP contribution in [0.2, 0.25) is 5.02 Å². The maximum Gasteiger partial charge on any atom is 0.123 e. The molecule has 1 fully saturated rings. The average Bonchev–Trinajstić information content (AvgIpc) is 2.77. The van der Waals surface area contributed by atoms with Crippen LogP contribution < -0.4 is 16.0 Å². The van der Waals surface area contributed by atoms with E-state index in [0.29, 0.717) is 11.8 Å². The van der Waals surface area contributed by atoms with Crippen LogP contribution in [0.4, 0.5) is 0 Å². The van der Waals surface area contributed by atoms with Crippen molar-refractivity contribution in [1.29, 1.82) is 0 Å². The van der Waals surface area contributed by atoms with E-state index in [2.05, 4.69) is 12.3 Å². The molecule has 0 amide bonds. The maximum absolute atomic E-state index is 6.09. The monoisotopic (exact) mass is 268 g/mol. The van der Waals surface area contributed by atoms with Crippen molar-refractivity contribution >= 4 is 11.6 Å². The zero-order chi connectivity index (χ0) is 13.1. The number of hydrazine groups is 1. The molecule has 2 rings (SSSR count). The second-order valence-electron chi connectivity index (χ2n) is 5.10. The largest absolute Gasteiger partial charge is 0.496 e. The van der Waals surface area contributed by atoms with Crippen molar-refractivity contribution < 1.29 is 4.74 Å². The molecule has 1 aliphatic rings. The average molecular weight is 269 g/mol. The van der Waals surface area contributed by atoms with E-state index >= 15 is 0 Å². The van der Waals surface area contributed by atoms with Gasteiger partial charge < -0.3 is 4.74 Å². The van der Waals surface area contributed by atoms with Crippen molar-refractivity contribution in [2.45, 2.75) is 32.2 Å². The van der Waals surface area contributed by atoms with Gasteiger partial charge in [-0.25, -0.2) is 0 Å². The lowest BCUT2D eigenvalue weighted by atomic mass is 9.86. The summed E-state index contributed by atoms with van der Waals surface area (Å²) in [5.41, 5.74) is 4.02. The molecule has 1 aromatic rings. The summed E-state index contributed by atoms with van der Waals surface area (Å²) < 4.78 is 5.42. The number of nitrogens with one attached hydrogen (secondary N) is 1. The van der Waals surface area contributed by atoms with Crippen molar-refractivity contribution in [3.8, 4) is 5.75 Å². The fourth-order valence-corrected chi connectivity index (χ4v) is 3.24. The van der Waals surface area contributed by atoms with Gasteiger partial charge in [-0.2, -0.15) is 0 Å². The molecule has 4 heteroatoms. The van der Waals surface area contributed by atoms with Crippen molar-refractivity contribution in [2.24, 2.45) is 17.7 Å². The van der Waals surface area contributed by atoms with Crippen LogP contribution >= 0.6 is 11.6 Å². The summed E-state index contributed by atoms with van der Waals surface area (Å²) in [6.45, 7) is 2.29. The minimum Gasteiger partial charge on any atom is -0.496 e. The van der Waals surface area contributed by atoms with Gasteiger partial charge in [0.25, 0.3) is 0 Å². The van der Waals surface area contributed by atoms with Crippen LogP contribution in [0.15, 0.2) is 18.2 Å². The minimum absolute atomic E-state index is 0.108. The number of hydrogen-bond acceptors (Lipinski definition) is 3. The van der Waals surface area contributed by atoms with E-state index in [9.17, 15) is 0 Å². The lowest BCUT2D eigenvalue weighted by molar-refractivity contribution is 0.295. The highest BCUT2D eigenvalue weighted by Crippen LogP contribution is 2.42. The number of benzene rings is 1. The van der Waals surface area contributed by atoms with E-state index in [1.807, 2.05) is 18.2 Å². The summed E-state index contributed by atoms with van der Waals surface area (Å²) in [5, 5.41) is 0.719. The Balaban J connectivity index is 2.34. The third-order valence-electron chi connectivity index (χ3n) is 4.06. The molecule has 0 heterocycles. The maximum atomic E-state index is 6.09. The predicted molar refractivity (Wildman–Crippen MR) is 74.6 cm³/mol. The molecule has 3 unspecified atom stereocenters. The first-order valence-corrected chi connectivity index (χ1v) is 6.84. The Morgan fingerprint density at radius 1 is 1.44 bits per heavy atom. The standard InChI is InChI=1S/C14H21ClN2O/c1-9-4-3-5-11(9)14(17-16)12-8-10(15)6-7-13(12)18-2/h6-9,11,14,17H,3-5,16H2,1-2H3. The second-order valence-corrected chi connectivity index (χ2v) is 5.54. The molecule has 18 heavy (non-hydrogen) atoms. The normalized spacial score (nSPS) is 25.1. The van der Waals surface area contributed by atoms with Crippen molar-refractivity contribution in [2.75, 3.05) is 7.11 Å². The molecular formula is C14H21ClN2O. The first kappa shape index (κ1) is 13.7. The Morgan fingerprint density at radius 3 is 2.78 bits per heavy atom. The van der Waals surface area contributed by atoms with Gasteiger partial charge in [-0.15, -0.1) is 0 Å². The summed E-state index contributed by atoms with van der Waals surface area (Å²) in [6, 6.07) is 5.81. The highest BCUT2D eigenvalue weighted by molar-refractivity contribution is 6.30. The molecule has 0 saturated heterocycles. The summed E-state index contributed by atoms with van der Waals surface area (Å²) in [4.78, 5) is 0. The Labute approximate surface area is 114 Å². The van der Waals surface area contributed by atoms with Gasteiger partial charge in [0.2, 0.25) is 0 Å². The molecule has 0 bridgehead atoms. The SMILES string of the molecule is COc1ccc(Cl)cc1C(NN)C1CCCC1C. The summed E-state index contributed by atoms with van der Waals surface area (Å²) in [5.74, 6) is 7.84. The van der Waals surface area contributed by atoms with E-state index in [0.717, 1.165) is 16.3 Å². The molecule has 0 spiro atoms. The molecule has 0 aromatic heterocycles. The van der Waals surface area contributed by atoms with Crippen LogP contribution in [0, 0.1) is 11.8 Å². The van der Waals surface area contributed by atoms with Gasteiger partial charge in [0.1, 0.15) is 5.75 Å². The summed E-state index contributed by atoms with van der Waals surface area (Å²) >= 11 is 6.09. The van der Waals surface area contributed by atoms with Crippen LogP contribution in [-0.4, -0.2) is 7.11 Å². The van der Waals surface area contributed by atoms with Crippen LogP contribution in [-0.2, 0) is 0 Å². The van der Waals surface area contributed by atoms with Crippen molar-refractivity contribution in [1.82, 2.24) is 5.43 Å². The Kier molecular flexibility index (Phi) is 4.49. The lowest BCUT2D eigenvalue weighted by Gasteiger charge is -2.28. The van der Waals surface area contributed by atoms with Gasteiger partial charge >= 0.3 is 0 Å². The van der Waals surface area contributed by atoms with Crippen LogP contribution in [0.3, 0.4) is 0 Å². The number of rotatable bonds is 4. The first-order chi connectivity index (χ1) is 8.67. The molecule has 3 atom stereocenters. The molecule has 100 valence electrons. The Bertz CT molecular complexity index is 411. The minimum atomic E-state index is 0.108. The third kappa shape index (κ3) is 2.63. The number of ether oxygens (including phenoxy) is 1. The molecule has 1 aromatic carbocycles. The number of hydrogen-bond donors (Lipinski definition) is 2. The fourth-order valence-electron chi connectivity index (χ4n) is 3.06. The quantitative estimate of drug-likeness (QED) is 0.651. The van der Waals surface area contributed by atoms with Crippen molar-refractivity contribution in [3.05, 3.63) is 28.8 Å². The van der Waals surface area contributed by atoms with E-state index in [4.69, 9.17) is 22.2 Å². The van der Waals surface area contributed by atoms with Crippen LogP contribution in [0.25, 0.3) is 0 Å². The van der Waals surface area contributed by atoms with Gasteiger partial charge in [0.15, 0.2) is 0 Å². The highest BCUT2D eigenvalue weighted by Gasteiger charge is 2.32. The third-order valence-corrected chi connectivity index (χ3v) is 4.30. The van der Waals surface area contributed by atoms with Gasteiger partial charge in [-0.1, -0.05) is 31.4 Å². The van der Waals surface area contributed by atoms with Gasteiger partial charge in [0.05, 0.1) is 13.2 Å². The number of halogens is 1. The zero-order valence-electron chi connectivity index (χ0n) is 10.9. The van der Waals surface area contributed by atoms with Gasteiger partial charge in [0, 0.05) is 10.6 Å². The van der Waals surface area contributed by atoms with E-state index in [-0.39, 0.29) is 6.04 Å². The lowest BCUT2D eigenvalue weighted by Crippen LogP contribution is -2.34. The smallest absolute Gasteiger partial charge is 0.123 e. The zero-order valence-corrected chi connectivity index (χ0v) is 11.7.